The standard InChI is InChI=1S/C18H23F3N2O2/c1-4-17(2,3)22-15(24)10-12-8-9-23(16(12)25)14-7-5-6-13(11-14)18(19,20)21/h5-7,11-12H,4,8-10H2,1-3H3,(H,22,24). The Balaban J connectivity index is 2.06. The number of anilines is 1. The highest BCUT2D eigenvalue weighted by molar-refractivity contribution is 5.99. The molecular weight excluding hydrogens is 333 g/mol. The highest BCUT2D eigenvalue weighted by atomic mass is 19.4. The maximum atomic E-state index is 12.8. The molecule has 1 unspecified atom stereocenters. The van der Waals surface area contributed by atoms with E-state index in [0.717, 1.165) is 18.6 Å². The molecule has 1 aliphatic heterocycles. The topological polar surface area (TPSA) is 49.4 Å². The number of rotatable bonds is 5. The molecule has 2 rings (SSSR count). The first-order valence-corrected chi connectivity index (χ1v) is 8.33. The molecule has 1 saturated heterocycles. The van der Waals surface area contributed by atoms with Crippen molar-refractivity contribution in [2.45, 2.75) is 51.7 Å². The molecule has 1 N–H and O–H groups in total. The molecule has 138 valence electrons. The Hall–Kier alpha value is -2.05. The number of carbonyl (C=O) groups excluding carboxylic acids is 2. The average Bonchev–Trinajstić information content (AvgIpc) is 2.87. The fraction of sp³-hybridized carbons (Fsp3) is 0.556. The highest BCUT2D eigenvalue weighted by Crippen LogP contribution is 2.34. The average molecular weight is 356 g/mol. The van der Waals surface area contributed by atoms with E-state index in [1.54, 1.807) is 0 Å². The van der Waals surface area contributed by atoms with Crippen LogP contribution in [0.25, 0.3) is 0 Å². The van der Waals surface area contributed by atoms with E-state index in [1.165, 1.54) is 17.0 Å². The molecule has 0 saturated carbocycles. The number of halogens is 3. The van der Waals surface area contributed by atoms with E-state index in [1.807, 2.05) is 20.8 Å². The minimum absolute atomic E-state index is 0.0533. The molecule has 1 aromatic carbocycles. The molecule has 1 aromatic rings. The third-order valence-electron chi connectivity index (χ3n) is 4.60. The molecule has 1 atom stereocenters. The first-order valence-electron chi connectivity index (χ1n) is 8.33. The Labute approximate surface area is 145 Å². The van der Waals surface area contributed by atoms with E-state index in [9.17, 15) is 22.8 Å². The van der Waals surface area contributed by atoms with Gasteiger partial charge in [0.05, 0.1) is 5.56 Å². The second-order valence-electron chi connectivity index (χ2n) is 7.01. The van der Waals surface area contributed by atoms with Crippen LogP contribution in [0.5, 0.6) is 0 Å². The van der Waals surface area contributed by atoms with Gasteiger partial charge in [0.15, 0.2) is 0 Å². The van der Waals surface area contributed by atoms with Crippen LogP contribution < -0.4 is 10.2 Å². The molecule has 0 radical (unpaired) electrons. The van der Waals surface area contributed by atoms with Gasteiger partial charge >= 0.3 is 6.18 Å². The fourth-order valence-corrected chi connectivity index (χ4v) is 2.78. The maximum Gasteiger partial charge on any atom is 0.416 e. The van der Waals surface area contributed by atoms with E-state index in [0.29, 0.717) is 13.0 Å². The number of carbonyl (C=O) groups is 2. The van der Waals surface area contributed by atoms with Crippen LogP contribution in [-0.4, -0.2) is 23.9 Å². The fourth-order valence-electron chi connectivity index (χ4n) is 2.78. The Morgan fingerprint density at radius 2 is 2.00 bits per heavy atom. The summed E-state index contributed by atoms with van der Waals surface area (Å²) in [6, 6.07) is 4.72. The number of amides is 2. The lowest BCUT2D eigenvalue weighted by Crippen LogP contribution is -2.43. The molecule has 0 aliphatic carbocycles. The molecule has 1 fully saturated rings. The van der Waals surface area contributed by atoms with Crippen molar-refractivity contribution in [1.29, 1.82) is 0 Å². The Bertz CT molecular complexity index is 656. The van der Waals surface area contributed by atoms with Gasteiger partial charge in [0.25, 0.3) is 0 Å². The van der Waals surface area contributed by atoms with Crippen molar-refractivity contribution >= 4 is 17.5 Å². The third kappa shape index (κ3) is 4.74. The monoisotopic (exact) mass is 356 g/mol. The van der Waals surface area contributed by atoms with E-state index in [4.69, 9.17) is 0 Å². The lowest BCUT2D eigenvalue weighted by Gasteiger charge is -2.25. The summed E-state index contributed by atoms with van der Waals surface area (Å²) >= 11 is 0. The van der Waals surface area contributed by atoms with Crippen molar-refractivity contribution in [3.8, 4) is 0 Å². The van der Waals surface area contributed by atoms with Crippen molar-refractivity contribution in [2.75, 3.05) is 11.4 Å². The number of nitrogens with zero attached hydrogens (tertiary/aromatic N) is 1. The van der Waals surface area contributed by atoms with Crippen molar-refractivity contribution in [2.24, 2.45) is 5.92 Å². The molecule has 0 aromatic heterocycles. The molecule has 0 bridgehead atoms. The Morgan fingerprint density at radius 1 is 1.32 bits per heavy atom. The number of benzene rings is 1. The zero-order valence-electron chi connectivity index (χ0n) is 14.6. The predicted octanol–water partition coefficient (Wildman–Crippen LogP) is 3.75. The summed E-state index contributed by atoms with van der Waals surface area (Å²) < 4.78 is 38.5. The molecule has 2 amide bonds. The first-order chi connectivity index (χ1) is 11.5. The van der Waals surface area contributed by atoms with Gasteiger partial charge in [-0.05, 0) is 44.9 Å². The largest absolute Gasteiger partial charge is 0.416 e. The van der Waals surface area contributed by atoms with Crippen LogP contribution in [-0.2, 0) is 15.8 Å². The number of hydrogen-bond donors (Lipinski definition) is 1. The molecule has 1 heterocycles. The van der Waals surface area contributed by atoms with Gasteiger partial charge in [-0.25, -0.2) is 0 Å². The summed E-state index contributed by atoms with van der Waals surface area (Å²) in [5.41, 5.74) is -0.917. The second kappa shape index (κ2) is 7.06. The summed E-state index contributed by atoms with van der Waals surface area (Å²) in [6.45, 7) is 6.07. The summed E-state index contributed by atoms with van der Waals surface area (Å²) in [4.78, 5) is 26.0. The van der Waals surface area contributed by atoms with E-state index >= 15 is 0 Å². The highest BCUT2D eigenvalue weighted by Gasteiger charge is 2.36. The van der Waals surface area contributed by atoms with Gasteiger partial charge in [-0.2, -0.15) is 13.2 Å². The zero-order valence-corrected chi connectivity index (χ0v) is 14.6. The predicted molar refractivity (Wildman–Crippen MR) is 89.0 cm³/mol. The second-order valence-corrected chi connectivity index (χ2v) is 7.01. The molecule has 7 heteroatoms. The first kappa shape index (κ1) is 19.3. The minimum Gasteiger partial charge on any atom is -0.351 e. The van der Waals surface area contributed by atoms with Gasteiger partial charge < -0.3 is 10.2 Å². The van der Waals surface area contributed by atoms with Crippen molar-refractivity contribution in [3.05, 3.63) is 29.8 Å². The van der Waals surface area contributed by atoms with Crippen LogP contribution in [0.1, 0.15) is 45.6 Å². The van der Waals surface area contributed by atoms with Gasteiger partial charge in [0, 0.05) is 30.1 Å². The van der Waals surface area contributed by atoms with E-state index < -0.39 is 17.7 Å². The van der Waals surface area contributed by atoms with E-state index in [-0.39, 0.29) is 29.5 Å². The summed E-state index contributed by atoms with van der Waals surface area (Å²) in [5, 5.41) is 2.88. The number of hydrogen-bond acceptors (Lipinski definition) is 2. The van der Waals surface area contributed by atoms with Crippen LogP contribution in [0, 0.1) is 5.92 Å². The van der Waals surface area contributed by atoms with Gasteiger partial charge in [-0.15, -0.1) is 0 Å². The van der Waals surface area contributed by atoms with Gasteiger partial charge in [-0.3, -0.25) is 9.59 Å². The molecule has 0 spiro atoms. The van der Waals surface area contributed by atoms with Crippen LogP contribution >= 0.6 is 0 Å². The van der Waals surface area contributed by atoms with Crippen molar-refractivity contribution in [3.63, 3.8) is 0 Å². The molecule has 1 aliphatic rings. The number of alkyl halides is 3. The van der Waals surface area contributed by atoms with Crippen LogP contribution in [0.15, 0.2) is 24.3 Å². The van der Waals surface area contributed by atoms with Crippen LogP contribution in [0.4, 0.5) is 18.9 Å². The van der Waals surface area contributed by atoms with Crippen LogP contribution in [0.3, 0.4) is 0 Å². The SMILES string of the molecule is CCC(C)(C)NC(=O)CC1CCN(c2cccc(C(F)(F)F)c2)C1=O. The molecule has 25 heavy (non-hydrogen) atoms. The maximum absolute atomic E-state index is 12.8. The molecule has 4 nitrogen and oxygen atoms in total. The van der Waals surface area contributed by atoms with Crippen molar-refractivity contribution in [1.82, 2.24) is 5.32 Å². The Morgan fingerprint density at radius 3 is 2.60 bits per heavy atom. The van der Waals surface area contributed by atoms with Crippen molar-refractivity contribution < 1.29 is 22.8 Å². The molecular formula is C18H23F3N2O2. The zero-order chi connectivity index (χ0) is 18.8. The van der Waals surface area contributed by atoms with Gasteiger partial charge in [-0.1, -0.05) is 13.0 Å². The minimum atomic E-state index is -4.45. The van der Waals surface area contributed by atoms with Gasteiger partial charge in [0.2, 0.25) is 11.8 Å². The summed E-state index contributed by atoms with van der Waals surface area (Å²) in [5.74, 6) is -1.01. The van der Waals surface area contributed by atoms with Crippen LogP contribution in [0.2, 0.25) is 0 Å². The Kier molecular flexibility index (Phi) is 5.44. The lowest BCUT2D eigenvalue weighted by atomic mass is 9.99. The quantitative estimate of drug-likeness (QED) is 0.873. The summed E-state index contributed by atoms with van der Waals surface area (Å²) in [7, 11) is 0. The van der Waals surface area contributed by atoms with Gasteiger partial charge in [0.1, 0.15) is 0 Å². The lowest BCUT2D eigenvalue weighted by molar-refractivity contribution is -0.137. The third-order valence-corrected chi connectivity index (χ3v) is 4.60. The number of nitrogens with one attached hydrogen (secondary N) is 1. The van der Waals surface area contributed by atoms with E-state index in [2.05, 4.69) is 5.32 Å². The summed E-state index contributed by atoms with van der Waals surface area (Å²) in [6.07, 6.45) is -3.19. The normalized spacial score (nSPS) is 18.6. The smallest absolute Gasteiger partial charge is 0.351 e.